The molecule has 2 rings (SSSR count). The molecule has 0 aromatic rings. The number of Topliss-reactive ketones (excluding diaryl/α,β-unsaturated/α-hetero) is 1. The first-order valence-corrected chi connectivity index (χ1v) is 3.06. The summed E-state index contributed by atoms with van der Waals surface area (Å²) in [4.78, 5) is 10.7. The van der Waals surface area contributed by atoms with Gasteiger partial charge in [-0.2, -0.15) is 0 Å². The Morgan fingerprint density at radius 1 is 1.25 bits per heavy atom. The van der Waals surface area contributed by atoms with Crippen LogP contribution in [0.25, 0.3) is 0 Å². The SMILES string of the molecule is O=C1C[C@@H]2C=C[C@H]2C1. The third-order valence-corrected chi connectivity index (χ3v) is 2.08. The van der Waals surface area contributed by atoms with Gasteiger partial charge in [0.1, 0.15) is 5.78 Å². The second kappa shape index (κ2) is 1.22. The van der Waals surface area contributed by atoms with Crippen molar-refractivity contribution >= 4 is 5.78 Å². The van der Waals surface area contributed by atoms with Gasteiger partial charge in [0.05, 0.1) is 0 Å². The van der Waals surface area contributed by atoms with Crippen LogP contribution in [0.2, 0.25) is 0 Å². The van der Waals surface area contributed by atoms with Gasteiger partial charge in [0, 0.05) is 12.8 Å². The molecule has 2 atom stereocenters. The molecule has 0 aliphatic heterocycles. The molecule has 0 N–H and O–H groups in total. The highest BCUT2D eigenvalue weighted by molar-refractivity contribution is 5.82. The molecular formula is C7H8O. The predicted octanol–water partition coefficient (Wildman–Crippen LogP) is 1.15. The number of hydrogen-bond acceptors (Lipinski definition) is 1. The minimum Gasteiger partial charge on any atom is -0.300 e. The number of carbonyl (C=O) groups is 1. The Morgan fingerprint density at radius 2 is 1.75 bits per heavy atom. The van der Waals surface area contributed by atoms with E-state index >= 15 is 0 Å². The molecule has 2 aliphatic carbocycles. The van der Waals surface area contributed by atoms with Crippen LogP contribution >= 0.6 is 0 Å². The zero-order chi connectivity index (χ0) is 5.56. The van der Waals surface area contributed by atoms with Crippen molar-refractivity contribution in [3.63, 3.8) is 0 Å². The largest absolute Gasteiger partial charge is 0.300 e. The average molecular weight is 108 g/mol. The van der Waals surface area contributed by atoms with Crippen LogP contribution in [0.5, 0.6) is 0 Å². The van der Waals surface area contributed by atoms with Crippen molar-refractivity contribution in [2.75, 3.05) is 0 Å². The molecule has 0 radical (unpaired) electrons. The minimum atomic E-state index is 0.449. The molecule has 1 heteroatoms. The van der Waals surface area contributed by atoms with Crippen molar-refractivity contribution in [1.82, 2.24) is 0 Å². The lowest BCUT2D eigenvalue weighted by Crippen LogP contribution is -2.09. The van der Waals surface area contributed by atoms with Crippen LogP contribution < -0.4 is 0 Å². The van der Waals surface area contributed by atoms with E-state index in [9.17, 15) is 4.79 Å². The summed E-state index contributed by atoms with van der Waals surface area (Å²) >= 11 is 0. The van der Waals surface area contributed by atoms with Crippen molar-refractivity contribution in [1.29, 1.82) is 0 Å². The van der Waals surface area contributed by atoms with Crippen molar-refractivity contribution in [2.45, 2.75) is 12.8 Å². The van der Waals surface area contributed by atoms with E-state index in [0.717, 1.165) is 12.8 Å². The Labute approximate surface area is 48.4 Å². The molecule has 0 aromatic heterocycles. The molecule has 0 heterocycles. The van der Waals surface area contributed by atoms with Crippen molar-refractivity contribution < 1.29 is 4.79 Å². The summed E-state index contributed by atoms with van der Waals surface area (Å²) in [5.74, 6) is 1.73. The van der Waals surface area contributed by atoms with E-state index in [2.05, 4.69) is 12.2 Å². The average Bonchev–Trinajstić information content (AvgIpc) is 1.91. The van der Waals surface area contributed by atoms with E-state index in [4.69, 9.17) is 0 Å². The normalized spacial score (nSPS) is 41.8. The zero-order valence-electron chi connectivity index (χ0n) is 4.63. The first-order valence-electron chi connectivity index (χ1n) is 3.06. The van der Waals surface area contributed by atoms with Gasteiger partial charge >= 0.3 is 0 Å². The van der Waals surface area contributed by atoms with E-state index in [1.165, 1.54) is 0 Å². The van der Waals surface area contributed by atoms with Gasteiger partial charge in [-0.3, -0.25) is 4.79 Å². The highest BCUT2D eigenvalue weighted by Crippen LogP contribution is 2.37. The summed E-state index contributed by atoms with van der Waals surface area (Å²) < 4.78 is 0. The van der Waals surface area contributed by atoms with Gasteiger partial charge in [-0.1, -0.05) is 12.2 Å². The second-order valence-corrected chi connectivity index (χ2v) is 2.66. The maximum atomic E-state index is 10.7. The van der Waals surface area contributed by atoms with E-state index in [0.29, 0.717) is 17.6 Å². The van der Waals surface area contributed by atoms with Crippen LogP contribution in [-0.4, -0.2) is 5.78 Å². The molecule has 0 aromatic carbocycles. The smallest absolute Gasteiger partial charge is 0.134 e. The van der Waals surface area contributed by atoms with Crippen LogP contribution in [0, 0.1) is 11.8 Å². The molecule has 0 unspecified atom stereocenters. The van der Waals surface area contributed by atoms with Crippen LogP contribution in [-0.2, 0) is 4.79 Å². The Kier molecular flexibility index (Phi) is 0.655. The van der Waals surface area contributed by atoms with Gasteiger partial charge in [-0.05, 0) is 11.8 Å². The van der Waals surface area contributed by atoms with Gasteiger partial charge in [-0.15, -0.1) is 0 Å². The third-order valence-electron chi connectivity index (χ3n) is 2.08. The van der Waals surface area contributed by atoms with Crippen molar-refractivity contribution in [2.24, 2.45) is 11.8 Å². The Hall–Kier alpha value is -0.590. The summed E-state index contributed by atoms with van der Waals surface area (Å²) in [7, 11) is 0. The molecule has 0 spiro atoms. The summed E-state index contributed by atoms with van der Waals surface area (Å²) in [6, 6.07) is 0. The number of carbonyl (C=O) groups excluding carboxylic acids is 1. The molecule has 1 fully saturated rings. The van der Waals surface area contributed by atoms with Gasteiger partial charge in [-0.25, -0.2) is 0 Å². The molecule has 8 heavy (non-hydrogen) atoms. The molecule has 0 saturated heterocycles. The van der Waals surface area contributed by atoms with E-state index in [-0.39, 0.29) is 0 Å². The van der Waals surface area contributed by atoms with Gasteiger partial charge < -0.3 is 0 Å². The predicted molar refractivity (Wildman–Crippen MR) is 30.4 cm³/mol. The maximum Gasteiger partial charge on any atom is 0.134 e. The van der Waals surface area contributed by atoms with Crippen LogP contribution in [0.3, 0.4) is 0 Å². The highest BCUT2D eigenvalue weighted by Gasteiger charge is 2.34. The van der Waals surface area contributed by atoms with Crippen LogP contribution in [0.15, 0.2) is 12.2 Å². The number of hydrogen-bond donors (Lipinski definition) is 0. The van der Waals surface area contributed by atoms with Gasteiger partial charge in [0.25, 0.3) is 0 Å². The fraction of sp³-hybridized carbons (Fsp3) is 0.571. The van der Waals surface area contributed by atoms with E-state index in [1.807, 2.05) is 0 Å². The first kappa shape index (κ1) is 4.30. The minimum absolute atomic E-state index is 0.449. The fourth-order valence-electron chi connectivity index (χ4n) is 1.47. The lowest BCUT2D eigenvalue weighted by molar-refractivity contribution is -0.117. The summed E-state index contributed by atoms with van der Waals surface area (Å²) in [6.07, 6.45) is 5.94. The Morgan fingerprint density at radius 3 is 2.00 bits per heavy atom. The first-order chi connectivity index (χ1) is 3.86. The van der Waals surface area contributed by atoms with Gasteiger partial charge in [0.2, 0.25) is 0 Å². The molecule has 42 valence electrons. The second-order valence-electron chi connectivity index (χ2n) is 2.66. The Balaban J connectivity index is 2.20. The quantitative estimate of drug-likeness (QED) is 0.425. The van der Waals surface area contributed by atoms with E-state index in [1.54, 1.807) is 0 Å². The number of rotatable bonds is 0. The topological polar surface area (TPSA) is 17.1 Å². The summed E-state index contributed by atoms with van der Waals surface area (Å²) in [5.41, 5.74) is 0. The standard InChI is InChI=1S/C7H8O/c8-7-3-5-1-2-6(5)4-7/h1-2,5-6H,3-4H2/t5-,6-/m0/s1. The fourth-order valence-corrected chi connectivity index (χ4v) is 1.47. The number of allylic oxidation sites excluding steroid dienone is 2. The van der Waals surface area contributed by atoms with Crippen molar-refractivity contribution in [3.8, 4) is 0 Å². The number of fused-ring (bicyclic) bond motifs is 1. The lowest BCUT2D eigenvalue weighted by atomic mass is 9.86. The summed E-state index contributed by atoms with van der Waals surface area (Å²) in [5, 5.41) is 0. The third kappa shape index (κ3) is 0.391. The van der Waals surface area contributed by atoms with E-state index < -0.39 is 0 Å². The molecule has 1 saturated carbocycles. The van der Waals surface area contributed by atoms with Crippen LogP contribution in [0.1, 0.15) is 12.8 Å². The Bertz CT molecular complexity index is 142. The molecule has 2 aliphatic rings. The molecule has 0 amide bonds. The molecule has 0 bridgehead atoms. The highest BCUT2D eigenvalue weighted by atomic mass is 16.1. The number of ketones is 1. The van der Waals surface area contributed by atoms with Crippen LogP contribution in [0.4, 0.5) is 0 Å². The van der Waals surface area contributed by atoms with Crippen molar-refractivity contribution in [3.05, 3.63) is 12.2 Å². The lowest BCUT2D eigenvalue weighted by Gasteiger charge is -2.18. The molecule has 1 nitrogen and oxygen atoms in total. The van der Waals surface area contributed by atoms with Gasteiger partial charge in [0.15, 0.2) is 0 Å². The summed E-state index contributed by atoms with van der Waals surface area (Å²) in [6.45, 7) is 0. The molecular weight excluding hydrogens is 100 g/mol. The zero-order valence-corrected chi connectivity index (χ0v) is 4.63. The monoisotopic (exact) mass is 108 g/mol. The maximum absolute atomic E-state index is 10.7.